The zero-order chi connectivity index (χ0) is 15.2. The maximum Gasteiger partial charge on any atom is 0.130 e. The molecule has 21 heavy (non-hydrogen) atoms. The van der Waals surface area contributed by atoms with Crippen LogP contribution in [0.3, 0.4) is 0 Å². The van der Waals surface area contributed by atoms with Gasteiger partial charge in [0.15, 0.2) is 0 Å². The number of hydrogen-bond acceptors (Lipinski definition) is 3. The SMILES string of the molecule is Cc1cc(COC2CCCCC2C)oc1CNCC(C)C. The second-order valence-corrected chi connectivity index (χ2v) is 6.95. The maximum absolute atomic E-state index is 6.08. The van der Waals surface area contributed by atoms with Crippen molar-refractivity contribution in [3.05, 3.63) is 23.2 Å². The fourth-order valence-electron chi connectivity index (χ4n) is 3.03. The van der Waals surface area contributed by atoms with Crippen LogP contribution in [0.4, 0.5) is 0 Å². The number of rotatable bonds is 7. The second-order valence-electron chi connectivity index (χ2n) is 6.95. The highest BCUT2D eigenvalue weighted by atomic mass is 16.5. The molecule has 0 amide bonds. The molecule has 0 radical (unpaired) electrons. The van der Waals surface area contributed by atoms with E-state index in [0.29, 0.717) is 24.5 Å². The molecule has 0 aliphatic heterocycles. The van der Waals surface area contributed by atoms with Gasteiger partial charge in [-0.25, -0.2) is 0 Å². The summed E-state index contributed by atoms with van der Waals surface area (Å²) in [6.07, 6.45) is 5.56. The summed E-state index contributed by atoms with van der Waals surface area (Å²) >= 11 is 0. The molecule has 1 aliphatic carbocycles. The Morgan fingerprint density at radius 2 is 2.10 bits per heavy atom. The van der Waals surface area contributed by atoms with Crippen LogP contribution in [-0.4, -0.2) is 12.6 Å². The first kappa shape index (κ1) is 16.6. The van der Waals surface area contributed by atoms with Gasteiger partial charge in [0.2, 0.25) is 0 Å². The lowest BCUT2D eigenvalue weighted by atomic mass is 9.88. The van der Waals surface area contributed by atoms with Crippen LogP contribution in [0.25, 0.3) is 0 Å². The first-order valence-electron chi connectivity index (χ1n) is 8.46. The number of ether oxygens (including phenoxy) is 1. The standard InChI is InChI=1S/C18H31NO2/c1-13(2)10-19-11-18-15(4)9-16(21-18)12-20-17-8-6-5-7-14(17)3/h9,13-14,17,19H,5-8,10-12H2,1-4H3. The fraction of sp³-hybridized carbons (Fsp3) is 0.778. The van der Waals surface area contributed by atoms with Crippen molar-refractivity contribution in [3.63, 3.8) is 0 Å². The predicted octanol–water partition coefficient (Wildman–Crippen LogP) is 4.43. The summed E-state index contributed by atoms with van der Waals surface area (Å²) < 4.78 is 12.0. The van der Waals surface area contributed by atoms with Gasteiger partial charge >= 0.3 is 0 Å². The van der Waals surface area contributed by atoms with Crippen molar-refractivity contribution in [1.29, 1.82) is 0 Å². The van der Waals surface area contributed by atoms with Crippen molar-refractivity contribution in [2.75, 3.05) is 6.54 Å². The van der Waals surface area contributed by atoms with Crippen LogP contribution in [0.15, 0.2) is 10.5 Å². The predicted molar refractivity (Wildman–Crippen MR) is 86.2 cm³/mol. The molecule has 120 valence electrons. The largest absolute Gasteiger partial charge is 0.462 e. The van der Waals surface area contributed by atoms with Crippen LogP contribution in [0.5, 0.6) is 0 Å². The molecule has 1 N–H and O–H groups in total. The van der Waals surface area contributed by atoms with Gasteiger partial charge in [0.1, 0.15) is 18.1 Å². The van der Waals surface area contributed by atoms with Crippen LogP contribution in [0.1, 0.15) is 63.5 Å². The smallest absolute Gasteiger partial charge is 0.130 e. The molecule has 1 aromatic rings. The summed E-state index contributed by atoms with van der Waals surface area (Å²) in [6.45, 7) is 11.3. The Kier molecular flexibility index (Phi) is 6.31. The molecular weight excluding hydrogens is 262 g/mol. The van der Waals surface area contributed by atoms with Crippen molar-refractivity contribution in [2.45, 2.75) is 72.6 Å². The Morgan fingerprint density at radius 1 is 1.33 bits per heavy atom. The Bertz CT molecular complexity index is 425. The third kappa shape index (κ3) is 5.15. The van der Waals surface area contributed by atoms with E-state index in [-0.39, 0.29) is 0 Å². The highest BCUT2D eigenvalue weighted by Gasteiger charge is 2.22. The van der Waals surface area contributed by atoms with Gasteiger partial charge in [-0.1, -0.05) is 33.6 Å². The molecule has 2 unspecified atom stereocenters. The minimum absolute atomic E-state index is 0.409. The molecule has 0 bridgehead atoms. The normalized spacial score (nSPS) is 22.9. The molecule has 2 rings (SSSR count). The molecule has 0 spiro atoms. The van der Waals surface area contributed by atoms with Gasteiger partial charge < -0.3 is 14.5 Å². The van der Waals surface area contributed by atoms with E-state index in [2.05, 4.69) is 39.1 Å². The molecule has 3 heteroatoms. The fourth-order valence-corrected chi connectivity index (χ4v) is 3.03. The van der Waals surface area contributed by atoms with Gasteiger partial charge in [-0.15, -0.1) is 0 Å². The van der Waals surface area contributed by atoms with Gasteiger partial charge in [0.25, 0.3) is 0 Å². The summed E-state index contributed by atoms with van der Waals surface area (Å²) in [5, 5.41) is 3.43. The number of nitrogens with one attached hydrogen (secondary N) is 1. The minimum atomic E-state index is 0.409. The minimum Gasteiger partial charge on any atom is -0.462 e. The Morgan fingerprint density at radius 3 is 2.81 bits per heavy atom. The van der Waals surface area contributed by atoms with E-state index in [1.165, 1.54) is 31.2 Å². The molecule has 1 aromatic heterocycles. The molecule has 3 nitrogen and oxygen atoms in total. The summed E-state index contributed by atoms with van der Waals surface area (Å²) in [6, 6.07) is 2.12. The van der Waals surface area contributed by atoms with E-state index >= 15 is 0 Å². The second kappa shape index (κ2) is 8.00. The lowest BCUT2D eigenvalue weighted by Crippen LogP contribution is -2.25. The van der Waals surface area contributed by atoms with Crippen LogP contribution in [0, 0.1) is 18.8 Å². The van der Waals surface area contributed by atoms with Gasteiger partial charge in [-0.2, -0.15) is 0 Å². The van der Waals surface area contributed by atoms with E-state index in [0.717, 1.165) is 24.6 Å². The lowest BCUT2D eigenvalue weighted by Gasteiger charge is -2.28. The molecule has 0 saturated heterocycles. The van der Waals surface area contributed by atoms with Crippen LogP contribution in [0.2, 0.25) is 0 Å². The molecule has 1 saturated carbocycles. The van der Waals surface area contributed by atoms with Gasteiger partial charge in [-0.05, 0) is 49.8 Å². The maximum atomic E-state index is 6.08. The molecule has 0 aromatic carbocycles. The van der Waals surface area contributed by atoms with Crippen LogP contribution < -0.4 is 5.32 Å². The van der Waals surface area contributed by atoms with Crippen molar-refractivity contribution < 1.29 is 9.15 Å². The van der Waals surface area contributed by atoms with E-state index in [1.807, 2.05) is 0 Å². The van der Waals surface area contributed by atoms with E-state index in [4.69, 9.17) is 9.15 Å². The van der Waals surface area contributed by atoms with Crippen molar-refractivity contribution >= 4 is 0 Å². The molecule has 1 aliphatic rings. The monoisotopic (exact) mass is 293 g/mol. The number of hydrogen-bond donors (Lipinski definition) is 1. The van der Waals surface area contributed by atoms with Gasteiger partial charge in [-0.3, -0.25) is 0 Å². The summed E-state index contributed by atoms with van der Waals surface area (Å²) in [7, 11) is 0. The molecule has 1 fully saturated rings. The lowest BCUT2D eigenvalue weighted by molar-refractivity contribution is -0.0222. The summed E-state index contributed by atoms with van der Waals surface area (Å²) in [4.78, 5) is 0. The van der Waals surface area contributed by atoms with E-state index in [9.17, 15) is 0 Å². The van der Waals surface area contributed by atoms with Gasteiger partial charge in [0.05, 0.1) is 12.6 Å². The van der Waals surface area contributed by atoms with Crippen molar-refractivity contribution in [2.24, 2.45) is 11.8 Å². The third-order valence-corrected chi connectivity index (χ3v) is 4.38. The summed E-state index contributed by atoms with van der Waals surface area (Å²) in [5.74, 6) is 3.36. The number of aryl methyl sites for hydroxylation is 1. The molecule has 2 atom stereocenters. The van der Waals surface area contributed by atoms with Gasteiger partial charge in [0, 0.05) is 0 Å². The Hall–Kier alpha value is -0.800. The average molecular weight is 293 g/mol. The Labute approximate surface area is 129 Å². The van der Waals surface area contributed by atoms with Crippen molar-refractivity contribution in [1.82, 2.24) is 5.32 Å². The van der Waals surface area contributed by atoms with Crippen molar-refractivity contribution in [3.8, 4) is 0 Å². The highest BCUT2D eigenvalue weighted by Crippen LogP contribution is 2.27. The quantitative estimate of drug-likeness (QED) is 0.807. The Balaban J connectivity index is 1.81. The molecule has 1 heterocycles. The highest BCUT2D eigenvalue weighted by molar-refractivity contribution is 5.19. The number of furan rings is 1. The molecular formula is C18H31NO2. The first-order chi connectivity index (χ1) is 10.1. The average Bonchev–Trinajstić information content (AvgIpc) is 2.78. The van der Waals surface area contributed by atoms with E-state index < -0.39 is 0 Å². The zero-order valence-electron chi connectivity index (χ0n) is 14.1. The summed E-state index contributed by atoms with van der Waals surface area (Å²) in [5.41, 5.74) is 1.22. The zero-order valence-corrected chi connectivity index (χ0v) is 14.1. The third-order valence-electron chi connectivity index (χ3n) is 4.38. The topological polar surface area (TPSA) is 34.4 Å². The van der Waals surface area contributed by atoms with E-state index in [1.54, 1.807) is 0 Å². The van der Waals surface area contributed by atoms with Crippen LogP contribution in [-0.2, 0) is 17.9 Å². The first-order valence-corrected chi connectivity index (χ1v) is 8.46. The van der Waals surface area contributed by atoms with Crippen LogP contribution >= 0.6 is 0 Å².